The van der Waals surface area contributed by atoms with Crippen molar-refractivity contribution in [2.24, 2.45) is 0 Å². The Bertz CT molecular complexity index is 992. The minimum atomic E-state index is -2.28. The van der Waals surface area contributed by atoms with E-state index in [-0.39, 0.29) is 17.4 Å². The zero-order valence-corrected chi connectivity index (χ0v) is 24.9. The van der Waals surface area contributed by atoms with E-state index in [2.05, 4.69) is 39.2 Å². The number of rotatable bonds is 5. The molecule has 1 heterocycles. The summed E-state index contributed by atoms with van der Waals surface area (Å²) in [6.07, 6.45) is 0. The number of amides is 1. The molecule has 2 rings (SSSR count). The first-order valence-electron chi connectivity index (χ1n) is 11.8. The molecule has 202 valence electrons. The molecule has 2 atom stereocenters. The van der Waals surface area contributed by atoms with E-state index in [9.17, 15) is 14.4 Å². The highest BCUT2D eigenvalue weighted by molar-refractivity contribution is 7.98. The molecule has 1 N–H and O–H groups in total. The molecule has 1 amide bonds. The van der Waals surface area contributed by atoms with Crippen molar-refractivity contribution in [1.82, 2.24) is 10.2 Å². The third-order valence-corrected chi connectivity index (χ3v) is 12.2. The van der Waals surface area contributed by atoms with Crippen molar-refractivity contribution in [3.8, 4) is 11.5 Å². The summed E-state index contributed by atoms with van der Waals surface area (Å²) in [4.78, 5) is 40.5. The van der Waals surface area contributed by atoms with Gasteiger partial charge < -0.3 is 24.0 Å². The Morgan fingerprint density at radius 2 is 1.83 bits per heavy atom. The van der Waals surface area contributed by atoms with Crippen molar-refractivity contribution >= 4 is 37.9 Å². The van der Waals surface area contributed by atoms with Crippen molar-refractivity contribution in [3.05, 3.63) is 22.8 Å². The second kappa shape index (κ2) is 11.9. The van der Waals surface area contributed by atoms with Crippen LogP contribution in [0.4, 0.5) is 0 Å². The van der Waals surface area contributed by atoms with Crippen LogP contribution in [-0.4, -0.2) is 83.8 Å². The lowest BCUT2D eigenvalue weighted by molar-refractivity contribution is -0.145. The molecule has 0 aliphatic carbocycles. The highest BCUT2D eigenvalue weighted by Crippen LogP contribution is 2.42. The number of carbonyl (C=O) groups is 3. The molecular formula is C25H40N2O7SSi. The Morgan fingerprint density at radius 1 is 1.19 bits per heavy atom. The van der Waals surface area contributed by atoms with Gasteiger partial charge in [0.05, 0.1) is 19.8 Å². The number of cyclic esters (lactones) is 1. The van der Waals surface area contributed by atoms with Gasteiger partial charge in [0.15, 0.2) is 0 Å². The number of methoxy groups -OCH3 is 2. The molecule has 1 aromatic carbocycles. The Labute approximate surface area is 219 Å². The lowest BCUT2D eigenvalue weighted by Crippen LogP contribution is -2.53. The van der Waals surface area contributed by atoms with Crippen LogP contribution in [0.15, 0.2) is 6.07 Å². The molecule has 0 saturated heterocycles. The molecule has 36 heavy (non-hydrogen) atoms. The monoisotopic (exact) mass is 540 g/mol. The minimum Gasteiger partial charge on any atom is -0.543 e. The van der Waals surface area contributed by atoms with Crippen LogP contribution >= 0.6 is 11.8 Å². The Kier molecular flexibility index (Phi) is 9.89. The summed E-state index contributed by atoms with van der Waals surface area (Å²) in [6, 6.07) is 0.191. The second-order valence-electron chi connectivity index (χ2n) is 10.6. The maximum absolute atomic E-state index is 13.5. The largest absolute Gasteiger partial charge is 0.543 e. The normalized spacial score (nSPS) is 19.9. The van der Waals surface area contributed by atoms with Crippen LogP contribution in [0.25, 0.3) is 0 Å². The maximum atomic E-state index is 13.5. The zero-order chi connectivity index (χ0) is 27.4. The quantitative estimate of drug-likeness (QED) is 0.445. The van der Waals surface area contributed by atoms with Crippen molar-refractivity contribution in [1.29, 1.82) is 0 Å². The summed E-state index contributed by atoms with van der Waals surface area (Å²) in [7, 11) is 3.98. The fraction of sp³-hybridized carbons (Fsp3) is 0.640. The molecule has 0 radical (unpaired) electrons. The van der Waals surface area contributed by atoms with Gasteiger partial charge in [0.25, 0.3) is 0 Å². The minimum absolute atomic E-state index is 0.0732. The number of ether oxygens (including phenoxy) is 3. The Balaban J connectivity index is 2.66. The highest BCUT2D eigenvalue weighted by atomic mass is 32.2. The number of nitrogens with zero attached hydrogens (tertiary/aromatic N) is 1. The van der Waals surface area contributed by atoms with E-state index in [4.69, 9.17) is 18.6 Å². The number of nitrogens with one attached hydrogen (secondary N) is 1. The molecule has 0 unspecified atom stereocenters. The Morgan fingerprint density at radius 3 is 2.36 bits per heavy atom. The van der Waals surface area contributed by atoms with Gasteiger partial charge in [-0.1, -0.05) is 20.8 Å². The topological polar surface area (TPSA) is 103 Å². The zero-order valence-electron chi connectivity index (χ0n) is 23.1. The van der Waals surface area contributed by atoms with Crippen LogP contribution in [0, 0.1) is 6.92 Å². The molecule has 11 heteroatoms. The van der Waals surface area contributed by atoms with E-state index in [1.54, 1.807) is 33.0 Å². The van der Waals surface area contributed by atoms with E-state index in [1.165, 1.54) is 18.9 Å². The highest BCUT2D eigenvalue weighted by Gasteiger charge is 2.40. The summed E-state index contributed by atoms with van der Waals surface area (Å²) in [5.41, 5.74) is 1.68. The molecule has 0 saturated carbocycles. The van der Waals surface area contributed by atoms with E-state index in [1.807, 2.05) is 6.07 Å². The predicted octanol–water partition coefficient (Wildman–Crippen LogP) is 3.38. The lowest BCUT2D eigenvalue weighted by Gasteiger charge is -2.37. The molecule has 1 aliphatic heterocycles. The first-order chi connectivity index (χ1) is 16.6. The van der Waals surface area contributed by atoms with Crippen molar-refractivity contribution in [2.45, 2.75) is 63.7 Å². The van der Waals surface area contributed by atoms with Crippen LogP contribution in [0.2, 0.25) is 18.1 Å². The van der Waals surface area contributed by atoms with Gasteiger partial charge in [-0.25, -0.2) is 9.59 Å². The summed E-state index contributed by atoms with van der Waals surface area (Å²) >= 11 is 1.40. The van der Waals surface area contributed by atoms with Gasteiger partial charge in [-0.15, -0.1) is 0 Å². The lowest BCUT2D eigenvalue weighted by atomic mass is 10.0. The smallest absolute Gasteiger partial charge is 0.339 e. The SMILES string of the molecule is COC(=O)[C@@H]1CSCc2c(O[Si](C)(C)C(C)(C)C)cc(OC)c(C)c2C(=O)OC[C@H](N(C)C)C(=O)N1. The number of fused-ring (bicyclic) bond motifs is 1. The van der Waals surface area contributed by atoms with Gasteiger partial charge in [0.2, 0.25) is 14.2 Å². The average Bonchev–Trinajstić information content (AvgIpc) is 2.77. The number of esters is 2. The number of thioether (sulfide) groups is 1. The number of hydrogen-bond acceptors (Lipinski definition) is 9. The van der Waals surface area contributed by atoms with E-state index >= 15 is 0 Å². The predicted molar refractivity (Wildman–Crippen MR) is 143 cm³/mol. The van der Waals surface area contributed by atoms with E-state index < -0.39 is 38.2 Å². The van der Waals surface area contributed by atoms with E-state index in [0.717, 1.165) is 0 Å². The summed E-state index contributed by atoms with van der Waals surface area (Å²) in [5, 5.41) is 2.67. The fourth-order valence-electron chi connectivity index (χ4n) is 3.48. The van der Waals surface area contributed by atoms with Gasteiger partial charge in [-0.2, -0.15) is 11.8 Å². The summed E-state index contributed by atoms with van der Waals surface area (Å²) in [5.74, 6) is 0.207. The van der Waals surface area contributed by atoms with Crippen LogP contribution in [-0.2, 0) is 24.8 Å². The number of hydrogen-bond donors (Lipinski definition) is 1. The van der Waals surface area contributed by atoms with Crippen LogP contribution in [0.5, 0.6) is 11.5 Å². The van der Waals surface area contributed by atoms with Crippen molar-refractivity contribution in [3.63, 3.8) is 0 Å². The maximum Gasteiger partial charge on any atom is 0.339 e. The molecule has 0 fully saturated rings. The summed E-state index contributed by atoms with van der Waals surface area (Å²) in [6.45, 7) is 12.3. The number of benzene rings is 1. The number of likely N-dealkylation sites (N-methyl/N-ethyl adjacent to an activating group) is 1. The third-order valence-electron chi connectivity index (χ3n) is 6.83. The molecule has 1 aromatic rings. The van der Waals surface area contributed by atoms with E-state index in [0.29, 0.717) is 33.9 Å². The summed E-state index contributed by atoms with van der Waals surface area (Å²) < 4.78 is 22.9. The molecular weight excluding hydrogens is 500 g/mol. The van der Waals surface area contributed by atoms with Crippen molar-refractivity contribution < 1.29 is 33.0 Å². The van der Waals surface area contributed by atoms with Gasteiger partial charge in [-0.05, 0) is 39.2 Å². The first-order valence-corrected chi connectivity index (χ1v) is 15.9. The van der Waals surface area contributed by atoms with Gasteiger partial charge in [-0.3, -0.25) is 9.69 Å². The third kappa shape index (κ3) is 6.74. The van der Waals surface area contributed by atoms with Crippen LogP contribution in [0.3, 0.4) is 0 Å². The van der Waals surface area contributed by atoms with Crippen molar-refractivity contribution in [2.75, 3.05) is 40.7 Å². The average molecular weight is 541 g/mol. The van der Waals surface area contributed by atoms with Gasteiger partial charge in [0.1, 0.15) is 30.2 Å². The van der Waals surface area contributed by atoms with Gasteiger partial charge >= 0.3 is 11.9 Å². The standard InChI is InChI=1S/C25H40N2O7SSi/c1-15-19(31-7)11-20(34-36(9,10)25(2,3)4)16-13-35-14-17(23(29)32-8)26-22(28)18(27(5)6)12-33-24(30)21(15)16/h11,17-18H,12-14H2,1-10H3,(H,26,28)/t17-,18-/m0/s1. The van der Waals surface area contributed by atoms with Gasteiger partial charge in [0, 0.05) is 28.7 Å². The molecule has 0 spiro atoms. The van der Waals surface area contributed by atoms with Crippen LogP contribution in [0.1, 0.15) is 42.3 Å². The first kappa shape index (κ1) is 30.0. The molecule has 0 aromatic heterocycles. The molecule has 0 bridgehead atoms. The van der Waals surface area contributed by atoms with Crippen LogP contribution < -0.4 is 14.5 Å². The molecule has 1 aliphatic rings. The number of carbonyl (C=O) groups excluding carboxylic acids is 3. The Hall–Kier alpha value is -2.24. The fourth-order valence-corrected chi connectivity index (χ4v) is 5.58. The second-order valence-corrected chi connectivity index (χ2v) is 16.4. The molecule has 9 nitrogen and oxygen atoms in total.